The second-order valence-corrected chi connectivity index (χ2v) is 7.79. The summed E-state index contributed by atoms with van der Waals surface area (Å²) in [6.07, 6.45) is 6.15. The normalized spacial score (nSPS) is 29.3. The standard InChI is InChI=1S/C21H25NO4/c1-2-3-4-11-26-21(25)13-7-9-16(10-8-13)22-19(23)17-14-5-6-15(12-14)18(17)20(22)24/h7-10,14-15,17-18H,2-6,11-12H2,1H3/t14-,15-,17+,18+/m0/s1. The zero-order valence-corrected chi connectivity index (χ0v) is 15.1. The van der Waals surface area contributed by atoms with E-state index in [-0.39, 0.29) is 29.6 Å². The molecule has 4 rings (SSSR count). The van der Waals surface area contributed by atoms with Crippen molar-refractivity contribution in [1.82, 2.24) is 0 Å². The number of fused-ring (bicyclic) bond motifs is 5. The summed E-state index contributed by atoms with van der Waals surface area (Å²) in [7, 11) is 0. The number of hydrogen-bond acceptors (Lipinski definition) is 4. The largest absolute Gasteiger partial charge is 0.462 e. The van der Waals surface area contributed by atoms with Crippen molar-refractivity contribution in [2.24, 2.45) is 23.7 Å². The van der Waals surface area contributed by atoms with Gasteiger partial charge in [-0.25, -0.2) is 4.79 Å². The second kappa shape index (κ2) is 6.86. The predicted molar refractivity (Wildman–Crippen MR) is 96.6 cm³/mol. The lowest BCUT2D eigenvalue weighted by atomic mass is 9.81. The summed E-state index contributed by atoms with van der Waals surface area (Å²) in [5.74, 6) is 0.0485. The minimum atomic E-state index is -0.360. The summed E-state index contributed by atoms with van der Waals surface area (Å²) < 4.78 is 5.25. The van der Waals surface area contributed by atoms with E-state index in [1.165, 1.54) is 4.90 Å². The van der Waals surface area contributed by atoms with E-state index < -0.39 is 0 Å². The van der Waals surface area contributed by atoms with Crippen LogP contribution in [-0.4, -0.2) is 24.4 Å². The van der Waals surface area contributed by atoms with E-state index in [0.717, 1.165) is 38.5 Å². The van der Waals surface area contributed by atoms with Crippen LogP contribution in [0.3, 0.4) is 0 Å². The van der Waals surface area contributed by atoms with E-state index in [2.05, 4.69) is 6.92 Å². The van der Waals surface area contributed by atoms with Crippen molar-refractivity contribution in [3.8, 4) is 0 Å². The molecule has 4 atom stereocenters. The van der Waals surface area contributed by atoms with Crippen LogP contribution in [0.5, 0.6) is 0 Å². The molecule has 5 nitrogen and oxygen atoms in total. The molecule has 0 spiro atoms. The Morgan fingerprint density at radius 3 is 2.23 bits per heavy atom. The fourth-order valence-electron chi connectivity index (χ4n) is 5.01. The number of carbonyl (C=O) groups is 3. The van der Waals surface area contributed by atoms with E-state index in [1.54, 1.807) is 24.3 Å². The van der Waals surface area contributed by atoms with Crippen LogP contribution in [0.25, 0.3) is 0 Å². The first-order valence-electron chi connectivity index (χ1n) is 9.76. The Balaban J connectivity index is 1.45. The van der Waals surface area contributed by atoms with Crippen LogP contribution < -0.4 is 4.90 Å². The van der Waals surface area contributed by atoms with Gasteiger partial charge >= 0.3 is 5.97 Å². The summed E-state index contributed by atoms with van der Waals surface area (Å²) in [6, 6.07) is 6.64. The first-order valence-corrected chi connectivity index (χ1v) is 9.76. The number of imide groups is 1. The number of esters is 1. The van der Waals surface area contributed by atoms with Crippen molar-refractivity contribution >= 4 is 23.5 Å². The van der Waals surface area contributed by atoms with Gasteiger partial charge in [-0.2, -0.15) is 0 Å². The Kier molecular flexibility index (Phi) is 4.55. The maximum Gasteiger partial charge on any atom is 0.338 e. The molecule has 0 unspecified atom stereocenters. The highest BCUT2D eigenvalue weighted by atomic mass is 16.5. The molecule has 1 heterocycles. The minimum Gasteiger partial charge on any atom is -0.462 e. The molecule has 2 bridgehead atoms. The van der Waals surface area contributed by atoms with Gasteiger partial charge < -0.3 is 4.74 Å². The number of benzene rings is 1. The van der Waals surface area contributed by atoms with Crippen LogP contribution in [-0.2, 0) is 14.3 Å². The molecule has 1 saturated heterocycles. The van der Waals surface area contributed by atoms with Gasteiger partial charge in [-0.15, -0.1) is 0 Å². The molecule has 138 valence electrons. The maximum atomic E-state index is 12.8. The Labute approximate surface area is 153 Å². The summed E-state index contributed by atoms with van der Waals surface area (Å²) >= 11 is 0. The van der Waals surface area contributed by atoms with Gasteiger partial charge in [0.25, 0.3) is 0 Å². The number of anilines is 1. The highest BCUT2D eigenvalue weighted by Crippen LogP contribution is 2.56. The highest BCUT2D eigenvalue weighted by Gasteiger charge is 2.61. The SMILES string of the molecule is CCCCCOC(=O)c1ccc(N2C(=O)[C@@H]3[C@H]4CC[C@@H](C4)[C@H]3C2=O)cc1. The summed E-state index contributed by atoms with van der Waals surface area (Å²) in [6.45, 7) is 2.52. The topological polar surface area (TPSA) is 63.7 Å². The van der Waals surface area contributed by atoms with Crippen LogP contribution in [0.1, 0.15) is 55.8 Å². The predicted octanol–water partition coefficient (Wildman–Crippen LogP) is 3.57. The van der Waals surface area contributed by atoms with Crippen LogP contribution in [0.15, 0.2) is 24.3 Å². The van der Waals surface area contributed by atoms with Gasteiger partial charge in [-0.3, -0.25) is 14.5 Å². The minimum absolute atomic E-state index is 0.0536. The smallest absolute Gasteiger partial charge is 0.338 e. The third kappa shape index (κ3) is 2.74. The lowest BCUT2D eigenvalue weighted by Gasteiger charge is -2.19. The van der Waals surface area contributed by atoms with E-state index in [0.29, 0.717) is 29.7 Å². The quantitative estimate of drug-likeness (QED) is 0.445. The molecule has 1 aromatic carbocycles. The summed E-state index contributed by atoms with van der Waals surface area (Å²) in [4.78, 5) is 39.0. The first-order chi connectivity index (χ1) is 12.6. The van der Waals surface area contributed by atoms with Gasteiger partial charge in [-0.1, -0.05) is 19.8 Å². The van der Waals surface area contributed by atoms with Gasteiger partial charge in [0.1, 0.15) is 0 Å². The van der Waals surface area contributed by atoms with Crippen LogP contribution in [0.2, 0.25) is 0 Å². The molecule has 3 aliphatic rings. The number of amides is 2. The van der Waals surface area contributed by atoms with Gasteiger partial charge in [0.15, 0.2) is 0 Å². The Bertz CT molecular complexity index is 698. The molecule has 2 amide bonds. The molecule has 5 heteroatoms. The molecular formula is C21H25NO4. The fourth-order valence-corrected chi connectivity index (χ4v) is 5.01. The van der Waals surface area contributed by atoms with Crippen molar-refractivity contribution in [3.63, 3.8) is 0 Å². The maximum absolute atomic E-state index is 12.8. The fraction of sp³-hybridized carbons (Fsp3) is 0.571. The number of unbranched alkanes of at least 4 members (excludes halogenated alkanes) is 2. The Morgan fingerprint density at radius 1 is 1.04 bits per heavy atom. The first kappa shape index (κ1) is 17.3. The second-order valence-electron chi connectivity index (χ2n) is 7.79. The summed E-state index contributed by atoms with van der Waals surface area (Å²) in [5.41, 5.74) is 1.01. The monoisotopic (exact) mass is 355 g/mol. The number of hydrogen-bond donors (Lipinski definition) is 0. The third-order valence-corrected chi connectivity index (χ3v) is 6.27. The van der Waals surface area contributed by atoms with E-state index in [9.17, 15) is 14.4 Å². The van der Waals surface area contributed by atoms with Gasteiger partial charge in [0.2, 0.25) is 11.8 Å². The van der Waals surface area contributed by atoms with Crippen molar-refractivity contribution < 1.29 is 19.1 Å². The van der Waals surface area contributed by atoms with Gasteiger partial charge in [0, 0.05) is 0 Å². The highest BCUT2D eigenvalue weighted by molar-refractivity contribution is 6.22. The van der Waals surface area contributed by atoms with Crippen molar-refractivity contribution in [2.45, 2.75) is 45.4 Å². The lowest BCUT2D eigenvalue weighted by Crippen LogP contribution is -2.32. The molecule has 0 radical (unpaired) electrons. The van der Waals surface area contributed by atoms with Gasteiger partial charge in [0.05, 0.1) is 29.7 Å². The average molecular weight is 355 g/mol. The molecular weight excluding hydrogens is 330 g/mol. The molecule has 0 N–H and O–H groups in total. The van der Waals surface area contributed by atoms with Crippen molar-refractivity contribution in [2.75, 3.05) is 11.5 Å². The molecule has 2 aliphatic carbocycles. The Hall–Kier alpha value is -2.17. The summed E-state index contributed by atoms with van der Waals surface area (Å²) in [5, 5.41) is 0. The zero-order valence-electron chi connectivity index (χ0n) is 15.1. The van der Waals surface area contributed by atoms with E-state index in [1.807, 2.05) is 0 Å². The molecule has 26 heavy (non-hydrogen) atoms. The molecule has 1 aromatic rings. The van der Waals surface area contributed by atoms with Gasteiger partial charge in [-0.05, 0) is 61.8 Å². The lowest BCUT2D eigenvalue weighted by molar-refractivity contribution is -0.123. The molecule has 1 aliphatic heterocycles. The molecule has 3 fully saturated rings. The zero-order chi connectivity index (χ0) is 18.3. The third-order valence-electron chi connectivity index (χ3n) is 6.27. The number of nitrogens with zero attached hydrogens (tertiary/aromatic N) is 1. The Morgan fingerprint density at radius 2 is 1.65 bits per heavy atom. The van der Waals surface area contributed by atoms with Crippen LogP contribution in [0.4, 0.5) is 5.69 Å². The van der Waals surface area contributed by atoms with E-state index in [4.69, 9.17) is 4.74 Å². The molecule has 0 aromatic heterocycles. The van der Waals surface area contributed by atoms with Crippen molar-refractivity contribution in [3.05, 3.63) is 29.8 Å². The average Bonchev–Trinajstić information content (AvgIpc) is 3.33. The molecule has 2 saturated carbocycles. The number of ether oxygens (including phenoxy) is 1. The number of rotatable bonds is 6. The number of carbonyl (C=O) groups excluding carboxylic acids is 3. The van der Waals surface area contributed by atoms with Crippen LogP contribution >= 0.6 is 0 Å². The van der Waals surface area contributed by atoms with E-state index >= 15 is 0 Å². The van der Waals surface area contributed by atoms with Crippen molar-refractivity contribution in [1.29, 1.82) is 0 Å². The van der Waals surface area contributed by atoms with Crippen LogP contribution in [0, 0.1) is 23.7 Å².